The Hall–Kier alpha value is -2.64. The van der Waals surface area contributed by atoms with Crippen molar-refractivity contribution in [3.8, 4) is 0 Å². The van der Waals surface area contributed by atoms with E-state index < -0.39 is 0 Å². The highest BCUT2D eigenvalue weighted by Gasteiger charge is 2.24. The van der Waals surface area contributed by atoms with Crippen molar-refractivity contribution in [1.29, 1.82) is 0 Å². The third kappa shape index (κ3) is 3.79. The second-order valence-corrected chi connectivity index (χ2v) is 6.91. The number of amides is 1. The minimum atomic E-state index is 0.109. The second kappa shape index (κ2) is 7.31. The molecule has 3 rings (SSSR count). The van der Waals surface area contributed by atoms with Crippen LogP contribution in [0.2, 0.25) is 0 Å². The van der Waals surface area contributed by atoms with Crippen molar-refractivity contribution in [3.05, 3.63) is 28.8 Å². The first kappa shape index (κ1) is 18.2. The highest BCUT2D eigenvalue weighted by atomic mass is 16.5. The van der Waals surface area contributed by atoms with Crippen LogP contribution in [0.25, 0.3) is 0 Å². The molecule has 0 aromatic carbocycles. The SMILES string of the molecule is Cc1cc(N(C)C)nc(N2CCN(C(=O)Cc3c(C)noc3C)CC2)n1. The van der Waals surface area contributed by atoms with Gasteiger partial charge >= 0.3 is 0 Å². The van der Waals surface area contributed by atoms with Crippen LogP contribution in [0.3, 0.4) is 0 Å². The van der Waals surface area contributed by atoms with Gasteiger partial charge in [-0.15, -0.1) is 0 Å². The molecule has 1 amide bonds. The zero-order valence-corrected chi connectivity index (χ0v) is 16.1. The lowest BCUT2D eigenvalue weighted by molar-refractivity contribution is -0.130. The molecular weight excluding hydrogens is 332 g/mol. The lowest BCUT2D eigenvalue weighted by Gasteiger charge is -2.35. The topological polar surface area (TPSA) is 78.6 Å². The number of aryl methyl sites for hydroxylation is 3. The Kier molecular flexibility index (Phi) is 5.11. The summed E-state index contributed by atoms with van der Waals surface area (Å²) in [6.07, 6.45) is 0.340. The first-order chi connectivity index (χ1) is 12.3. The summed E-state index contributed by atoms with van der Waals surface area (Å²) in [5, 5.41) is 3.92. The monoisotopic (exact) mass is 358 g/mol. The smallest absolute Gasteiger partial charge is 0.227 e. The Bertz CT molecular complexity index is 773. The number of anilines is 2. The van der Waals surface area contributed by atoms with Gasteiger partial charge in [0.1, 0.15) is 11.6 Å². The molecular formula is C18H26N6O2. The van der Waals surface area contributed by atoms with E-state index in [0.717, 1.165) is 47.6 Å². The lowest BCUT2D eigenvalue weighted by atomic mass is 10.1. The quantitative estimate of drug-likeness (QED) is 0.816. The number of piperazine rings is 1. The predicted molar refractivity (Wildman–Crippen MR) is 99.6 cm³/mol. The van der Waals surface area contributed by atoms with E-state index in [2.05, 4.69) is 20.0 Å². The largest absolute Gasteiger partial charge is 0.363 e. The van der Waals surface area contributed by atoms with E-state index >= 15 is 0 Å². The summed E-state index contributed by atoms with van der Waals surface area (Å²) < 4.78 is 5.15. The molecule has 26 heavy (non-hydrogen) atoms. The van der Waals surface area contributed by atoms with Crippen molar-refractivity contribution in [1.82, 2.24) is 20.0 Å². The van der Waals surface area contributed by atoms with Gasteiger partial charge in [-0.2, -0.15) is 4.98 Å². The minimum absolute atomic E-state index is 0.109. The first-order valence-corrected chi connectivity index (χ1v) is 8.82. The van der Waals surface area contributed by atoms with Crippen molar-refractivity contribution in [2.45, 2.75) is 27.2 Å². The molecule has 8 heteroatoms. The van der Waals surface area contributed by atoms with Crippen LogP contribution < -0.4 is 9.80 Å². The number of hydrogen-bond donors (Lipinski definition) is 0. The fourth-order valence-electron chi connectivity index (χ4n) is 3.08. The molecule has 1 saturated heterocycles. The molecule has 0 bridgehead atoms. The van der Waals surface area contributed by atoms with E-state index in [0.29, 0.717) is 19.5 Å². The van der Waals surface area contributed by atoms with Crippen molar-refractivity contribution in [2.75, 3.05) is 50.1 Å². The van der Waals surface area contributed by atoms with Gasteiger partial charge in [0.15, 0.2) is 0 Å². The Labute approximate surface area is 153 Å². The van der Waals surface area contributed by atoms with Crippen LogP contribution in [0.1, 0.15) is 22.7 Å². The fourth-order valence-corrected chi connectivity index (χ4v) is 3.08. The molecule has 0 unspecified atom stereocenters. The van der Waals surface area contributed by atoms with Crippen molar-refractivity contribution < 1.29 is 9.32 Å². The number of hydrogen-bond acceptors (Lipinski definition) is 7. The van der Waals surface area contributed by atoms with Crippen molar-refractivity contribution in [3.63, 3.8) is 0 Å². The maximum Gasteiger partial charge on any atom is 0.227 e. The van der Waals surface area contributed by atoms with Gasteiger partial charge in [-0.1, -0.05) is 5.16 Å². The normalized spacial score (nSPS) is 14.7. The molecule has 0 saturated carbocycles. The van der Waals surface area contributed by atoms with Crippen LogP contribution in [0.15, 0.2) is 10.6 Å². The maximum absolute atomic E-state index is 12.6. The Morgan fingerprint density at radius 3 is 2.42 bits per heavy atom. The van der Waals surface area contributed by atoms with Gasteiger partial charge < -0.3 is 19.2 Å². The Morgan fingerprint density at radius 2 is 1.85 bits per heavy atom. The summed E-state index contributed by atoms with van der Waals surface area (Å²) in [6, 6.07) is 1.97. The van der Waals surface area contributed by atoms with E-state index in [4.69, 9.17) is 4.52 Å². The summed E-state index contributed by atoms with van der Waals surface area (Å²) in [6.45, 7) is 8.47. The standard InChI is InChI=1S/C18H26N6O2/c1-12-10-16(22(4)5)20-18(19-12)24-8-6-23(7-9-24)17(25)11-15-13(2)21-26-14(15)3/h10H,6-9,11H2,1-5H3. The summed E-state index contributed by atoms with van der Waals surface area (Å²) in [4.78, 5) is 27.8. The summed E-state index contributed by atoms with van der Waals surface area (Å²) in [5.41, 5.74) is 2.63. The van der Waals surface area contributed by atoms with Gasteiger partial charge in [0.25, 0.3) is 0 Å². The van der Waals surface area contributed by atoms with Gasteiger partial charge in [0.2, 0.25) is 11.9 Å². The molecule has 0 atom stereocenters. The summed E-state index contributed by atoms with van der Waals surface area (Å²) in [5.74, 6) is 2.45. The van der Waals surface area contributed by atoms with Crippen molar-refractivity contribution in [2.24, 2.45) is 0 Å². The van der Waals surface area contributed by atoms with Gasteiger partial charge in [-0.25, -0.2) is 4.98 Å². The highest BCUT2D eigenvalue weighted by Crippen LogP contribution is 2.18. The van der Waals surface area contributed by atoms with Crippen LogP contribution in [-0.2, 0) is 11.2 Å². The molecule has 2 aromatic heterocycles. The van der Waals surface area contributed by atoms with Crippen LogP contribution in [-0.4, -0.2) is 66.2 Å². The summed E-state index contributed by atoms with van der Waals surface area (Å²) in [7, 11) is 3.94. The minimum Gasteiger partial charge on any atom is -0.363 e. The molecule has 0 spiro atoms. The number of carbonyl (C=O) groups excluding carboxylic acids is 1. The van der Waals surface area contributed by atoms with Crippen LogP contribution in [0.4, 0.5) is 11.8 Å². The number of aromatic nitrogens is 3. The number of carbonyl (C=O) groups is 1. The highest BCUT2D eigenvalue weighted by molar-refractivity contribution is 5.79. The van der Waals surface area contributed by atoms with E-state index in [1.807, 2.05) is 50.7 Å². The zero-order valence-electron chi connectivity index (χ0n) is 16.1. The molecule has 1 aliphatic heterocycles. The van der Waals surface area contributed by atoms with Crippen LogP contribution in [0, 0.1) is 20.8 Å². The zero-order chi connectivity index (χ0) is 18.8. The van der Waals surface area contributed by atoms with Gasteiger partial charge in [0.05, 0.1) is 12.1 Å². The van der Waals surface area contributed by atoms with E-state index in [1.165, 1.54) is 0 Å². The maximum atomic E-state index is 12.6. The Balaban J connectivity index is 1.63. The van der Waals surface area contributed by atoms with Crippen LogP contribution in [0.5, 0.6) is 0 Å². The lowest BCUT2D eigenvalue weighted by Crippen LogP contribution is -2.49. The number of rotatable bonds is 4. The molecule has 0 radical (unpaired) electrons. The van der Waals surface area contributed by atoms with Crippen LogP contribution >= 0.6 is 0 Å². The molecule has 0 N–H and O–H groups in total. The van der Waals surface area contributed by atoms with Gasteiger partial charge in [0, 0.05) is 57.6 Å². The first-order valence-electron chi connectivity index (χ1n) is 8.82. The van der Waals surface area contributed by atoms with Gasteiger partial charge in [-0.3, -0.25) is 4.79 Å². The number of nitrogens with zero attached hydrogens (tertiary/aromatic N) is 6. The summed E-state index contributed by atoms with van der Waals surface area (Å²) >= 11 is 0. The van der Waals surface area contributed by atoms with Crippen molar-refractivity contribution >= 4 is 17.7 Å². The molecule has 8 nitrogen and oxygen atoms in total. The molecule has 0 aliphatic carbocycles. The van der Waals surface area contributed by atoms with E-state index in [1.54, 1.807) is 0 Å². The third-order valence-corrected chi connectivity index (χ3v) is 4.71. The molecule has 1 fully saturated rings. The van der Waals surface area contributed by atoms with Gasteiger partial charge in [-0.05, 0) is 20.8 Å². The average molecular weight is 358 g/mol. The van der Waals surface area contributed by atoms with E-state index in [9.17, 15) is 4.79 Å². The molecule has 1 aliphatic rings. The average Bonchev–Trinajstić information content (AvgIpc) is 2.93. The second-order valence-electron chi connectivity index (χ2n) is 6.91. The van der Waals surface area contributed by atoms with E-state index in [-0.39, 0.29) is 5.91 Å². The predicted octanol–water partition coefficient (Wildman–Crippen LogP) is 1.35. The third-order valence-electron chi connectivity index (χ3n) is 4.71. The fraction of sp³-hybridized carbons (Fsp3) is 0.556. The molecule has 3 heterocycles. The Morgan fingerprint density at radius 1 is 1.15 bits per heavy atom. The molecule has 140 valence electrons. The molecule has 2 aromatic rings.